The van der Waals surface area contributed by atoms with Crippen LogP contribution in [0.4, 0.5) is 0 Å². The minimum Gasteiger partial charge on any atom is -0.497 e. The Bertz CT molecular complexity index is 1270. The molecule has 4 atom stereocenters. The summed E-state index contributed by atoms with van der Waals surface area (Å²) in [5.74, 6) is -0.381. The van der Waals surface area contributed by atoms with E-state index < -0.39 is 33.6 Å². The van der Waals surface area contributed by atoms with Gasteiger partial charge in [0.2, 0.25) is 11.8 Å². The van der Waals surface area contributed by atoms with Gasteiger partial charge in [-0.05, 0) is 36.1 Å². The van der Waals surface area contributed by atoms with Gasteiger partial charge in [-0.3, -0.25) is 9.59 Å². The number of carbonyl (C=O) groups excluding carboxylic acids is 2. The normalized spacial score (nSPS) is 25.8. The number of pyridine rings is 1. The van der Waals surface area contributed by atoms with Gasteiger partial charge in [-0.1, -0.05) is 6.08 Å². The molecule has 2 aromatic rings. The molecular weight excluding hydrogens is 474 g/mol. The third-order valence-corrected chi connectivity index (χ3v) is 7.78. The molecule has 2 fully saturated rings. The first-order valence-electron chi connectivity index (χ1n) is 11.1. The van der Waals surface area contributed by atoms with Crippen LogP contribution >= 0.6 is 0 Å². The van der Waals surface area contributed by atoms with Crippen molar-refractivity contribution in [2.75, 3.05) is 27.7 Å². The molecule has 0 spiro atoms. The Morgan fingerprint density at radius 1 is 1.31 bits per heavy atom. The molecule has 2 aliphatic rings. The van der Waals surface area contributed by atoms with Crippen molar-refractivity contribution in [3.8, 4) is 11.6 Å². The fourth-order valence-corrected chi connectivity index (χ4v) is 4.74. The summed E-state index contributed by atoms with van der Waals surface area (Å²) >= 11 is 0. The zero-order chi connectivity index (χ0) is 25.4. The Morgan fingerprint density at radius 2 is 2.09 bits per heavy atom. The maximum Gasteiger partial charge on any atom is 0.303 e. The van der Waals surface area contributed by atoms with Gasteiger partial charge in [0.25, 0.3) is 5.91 Å². The van der Waals surface area contributed by atoms with Gasteiger partial charge in [0.1, 0.15) is 17.4 Å². The topological polar surface area (TPSA) is 139 Å². The van der Waals surface area contributed by atoms with Crippen molar-refractivity contribution in [2.45, 2.75) is 30.5 Å². The molecule has 11 nitrogen and oxygen atoms in total. The number of ether oxygens (including phenoxy) is 2. The number of nitrogens with zero attached hydrogens (tertiary/aromatic N) is 2. The van der Waals surface area contributed by atoms with Crippen molar-refractivity contribution in [1.82, 2.24) is 24.6 Å². The number of hydrogen-bond acceptors (Lipinski definition) is 8. The van der Waals surface area contributed by atoms with E-state index in [4.69, 9.17) is 9.47 Å². The van der Waals surface area contributed by atoms with E-state index in [-0.39, 0.29) is 18.4 Å². The number of hydrogen-bond donors (Lipinski definition) is 3. The predicted molar refractivity (Wildman–Crippen MR) is 129 cm³/mol. The third-order valence-electron chi connectivity index (χ3n) is 6.37. The van der Waals surface area contributed by atoms with Crippen LogP contribution in [0.2, 0.25) is 0 Å². The van der Waals surface area contributed by atoms with E-state index in [1.807, 2.05) is 29.0 Å². The fraction of sp³-hybridized carbons (Fsp3) is 0.435. The summed E-state index contributed by atoms with van der Waals surface area (Å²) in [6.07, 6.45) is 3.49. The Morgan fingerprint density at radius 3 is 2.74 bits per heavy atom. The fourth-order valence-electron chi connectivity index (χ4n) is 4.14. The minimum atomic E-state index is -4.00. The molecule has 4 rings (SSSR count). The Hall–Kier alpha value is -3.22. The highest BCUT2D eigenvalue weighted by molar-refractivity contribution is 7.87. The van der Waals surface area contributed by atoms with E-state index in [0.717, 1.165) is 20.8 Å². The molecule has 1 aliphatic heterocycles. The molecule has 35 heavy (non-hydrogen) atoms. The second-order valence-electron chi connectivity index (χ2n) is 8.87. The van der Waals surface area contributed by atoms with E-state index in [0.29, 0.717) is 18.8 Å². The van der Waals surface area contributed by atoms with Gasteiger partial charge < -0.3 is 20.1 Å². The van der Waals surface area contributed by atoms with Gasteiger partial charge in [0.05, 0.1) is 13.2 Å². The first-order valence-corrected chi connectivity index (χ1v) is 12.6. The number of methoxy groups -OCH3 is 1. The highest BCUT2D eigenvalue weighted by Crippen LogP contribution is 2.45. The van der Waals surface area contributed by atoms with Crippen molar-refractivity contribution in [3.63, 3.8) is 0 Å². The first-order chi connectivity index (χ1) is 16.6. The number of aromatic nitrogens is 1. The zero-order valence-corrected chi connectivity index (χ0v) is 20.6. The van der Waals surface area contributed by atoms with Gasteiger partial charge in [-0.2, -0.15) is 12.7 Å². The van der Waals surface area contributed by atoms with E-state index in [2.05, 4.69) is 22.2 Å². The number of amides is 2. The lowest BCUT2D eigenvalue weighted by atomic mass is 10.1. The lowest BCUT2D eigenvalue weighted by Crippen LogP contribution is -2.56. The van der Waals surface area contributed by atoms with Gasteiger partial charge in [0.15, 0.2) is 0 Å². The molecule has 12 heteroatoms. The highest BCUT2D eigenvalue weighted by atomic mass is 32.2. The molecule has 188 valence electrons. The highest BCUT2D eigenvalue weighted by Gasteiger charge is 2.61. The Labute approximate surface area is 204 Å². The van der Waals surface area contributed by atoms with Gasteiger partial charge in [-0.15, -0.1) is 6.58 Å². The van der Waals surface area contributed by atoms with Gasteiger partial charge in [-0.25, -0.2) is 9.71 Å². The summed E-state index contributed by atoms with van der Waals surface area (Å²) in [6.45, 7) is 4.10. The summed E-state index contributed by atoms with van der Waals surface area (Å²) in [7, 11) is 0.221. The van der Waals surface area contributed by atoms with Crippen molar-refractivity contribution in [2.24, 2.45) is 5.92 Å². The van der Waals surface area contributed by atoms with E-state index >= 15 is 0 Å². The molecule has 3 N–H and O–H groups in total. The maximum absolute atomic E-state index is 13.0. The summed E-state index contributed by atoms with van der Waals surface area (Å²) in [5.41, 5.74) is -1.35. The number of rotatable bonds is 9. The van der Waals surface area contributed by atoms with Crippen LogP contribution in [-0.4, -0.2) is 75.0 Å². The maximum atomic E-state index is 13.0. The summed E-state index contributed by atoms with van der Waals surface area (Å²) < 4.78 is 38.5. The lowest BCUT2D eigenvalue weighted by Gasteiger charge is -2.22. The van der Waals surface area contributed by atoms with Crippen molar-refractivity contribution in [3.05, 3.63) is 43.1 Å². The Balaban J connectivity index is 1.41. The van der Waals surface area contributed by atoms with Crippen LogP contribution in [0.5, 0.6) is 11.6 Å². The second kappa shape index (κ2) is 9.44. The first kappa shape index (κ1) is 24.9. The van der Waals surface area contributed by atoms with Gasteiger partial charge in [0, 0.05) is 44.6 Å². The number of nitrogens with one attached hydrogen (secondary N) is 3. The van der Waals surface area contributed by atoms with Crippen molar-refractivity contribution < 1.29 is 27.5 Å². The van der Waals surface area contributed by atoms with Crippen molar-refractivity contribution in [1.29, 1.82) is 0 Å². The molecule has 1 aromatic heterocycles. The quantitative estimate of drug-likeness (QED) is 0.416. The minimum absolute atomic E-state index is 0.271. The number of fused-ring (bicyclic) bond motifs is 1. The molecule has 0 unspecified atom stereocenters. The van der Waals surface area contributed by atoms with Crippen LogP contribution in [0.1, 0.15) is 12.8 Å². The molecule has 1 saturated heterocycles. The standard InChI is InChI=1S/C23H29N5O6S/c1-5-15-12-23(15,22(30)27-35(31,32)28(2)3)26-20(29)19-11-17(13-25-19)34-21-18-7-6-16(33-4)10-14(18)8-9-24-21/h5-10,15,17,19,25H,1,11-13H2,2-4H3,(H,26,29)(H,27,30)/t15-,17-,19+,23-/m1/s1. The molecule has 0 bridgehead atoms. The monoisotopic (exact) mass is 503 g/mol. The van der Waals surface area contributed by atoms with Gasteiger partial charge >= 0.3 is 10.2 Å². The molecule has 2 amide bonds. The molecular formula is C23H29N5O6S. The summed E-state index contributed by atoms with van der Waals surface area (Å²) in [6, 6.07) is 6.83. The van der Waals surface area contributed by atoms with Crippen LogP contribution in [0.15, 0.2) is 43.1 Å². The van der Waals surface area contributed by atoms with Crippen molar-refractivity contribution >= 4 is 32.8 Å². The second-order valence-corrected chi connectivity index (χ2v) is 10.7. The van der Waals surface area contributed by atoms with Crippen LogP contribution in [-0.2, 0) is 19.8 Å². The summed E-state index contributed by atoms with van der Waals surface area (Å²) in [5, 5.41) is 7.60. The Kier molecular flexibility index (Phi) is 6.71. The molecule has 0 radical (unpaired) electrons. The van der Waals surface area contributed by atoms with Crippen LogP contribution < -0.4 is 24.8 Å². The number of benzene rings is 1. The van der Waals surface area contributed by atoms with E-state index in [9.17, 15) is 18.0 Å². The van der Waals surface area contributed by atoms with E-state index in [1.54, 1.807) is 13.3 Å². The molecule has 2 heterocycles. The lowest BCUT2D eigenvalue weighted by molar-refractivity contribution is -0.130. The molecule has 1 saturated carbocycles. The largest absolute Gasteiger partial charge is 0.497 e. The van der Waals surface area contributed by atoms with E-state index in [1.165, 1.54) is 20.2 Å². The average molecular weight is 504 g/mol. The van der Waals surface area contributed by atoms with Crippen LogP contribution in [0.25, 0.3) is 10.8 Å². The van der Waals surface area contributed by atoms with Crippen LogP contribution in [0, 0.1) is 5.92 Å². The number of carbonyl (C=O) groups is 2. The van der Waals surface area contributed by atoms with Crippen LogP contribution in [0.3, 0.4) is 0 Å². The SMILES string of the molecule is C=C[C@@H]1C[C@]1(NC(=O)[C@@H]1C[C@@H](Oc2nccc3cc(OC)ccc23)CN1)C(=O)NS(=O)(=O)N(C)C. The summed E-state index contributed by atoms with van der Waals surface area (Å²) in [4.78, 5) is 30.2. The average Bonchev–Trinajstić information content (AvgIpc) is 3.34. The smallest absolute Gasteiger partial charge is 0.303 e. The zero-order valence-electron chi connectivity index (χ0n) is 19.8. The molecule has 1 aliphatic carbocycles. The third kappa shape index (κ3) is 4.95. The molecule has 1 aromatic carbocycles. The predicted octanol–water partition coefficient (Wildman–Crippen LogP) is 0.336.